The molecule has 2 N–H and O–H groups in total. The fraction of sp³-hybridized carbons (Fsp3) is 0.692. The minimum atomic E-state index is -3.51. The standard InChI is InChI=1S/C13H25N3O3S/c1-6-14-8-11-7-12(9-16(11)4)20(17,18)15-10-13(2,3)19-5/h7,9,14-15H,6,8,10H2,1-5H3. The number of aryl methyl sites for hydroxylation is 1. The summed E-state index contributed by atoms with van der Waals surface area (Å²) in [5.74, 6) is 0. The minimum Gasteiger partial charge on any atom is -0.377 e. The number of rotatable bonds is 8. The summed E-state index contributed by atoms with van der Waals surface area (Å²) in [6.07, 6.45) is 1.62. The number of sulfonamides is 1. The highest BCUT2D eigenvalue weighted by atomic mass is 32.2. The molecule has 1 aromatic rings. The van der Waals surface area contributed by atoms with Crippen molar-refractivity contribution in [3.05, 3.63) is 18.0 Å². The van der Waals surface area contributed by atoms with Gasteiger partial charge in [0.2, 0.25) is 10.0 Å². The molecule has 0 bridgehead atoms. The maximum absolute atomic E-state index is 12.2. The van der Waals surface area contributed by atoms with E-state index in [0.29, 0.717) is 6.54 Å². The zero-order valence-electron chi connectivity index (χ0n) is 12.9. The number of ether oxygens (including phenoxy) is 1. The van der Waals surface area contributed by atoms with E-state index in [1.165, 1.54) is 0 Å². The van der Waals surface area contributed by atoms with Gasteiger partial charge in [-0.1, -0.05) is 6.92 Å². The SMILES string of the molecule is CCNCc1cc(S(=O)(=O)NCC(C)(C)OC)cn1C. The fourth-order valence-electron chi connectivity index (χ4n) is 1.58. The van der Waals surface area contributed by atoms with Crippen molar-refractivity contribution in [1.82, 2.24) is 14.6 Å². The van der Waals surface area contributed by atoms with E-state index in [0.717, 1.165) is 12.2 Å². The zero-order valence-corrected chi connectivity index (χ0v) is 13.7. The van der Waals surface area contributed by atoms with Crippen molar-refractivity contribution in [2.24, 2.45) is 7.05 Å². The molecule has 1 rings (SSSR count). The van der Waals surface area contributed by atoms with Crippen LogP contribution in [0.4, 0.5) is 0 Å². The van der Waals surface area contributed by atoms with Crippen molar-refractivity contribution in [2.45, 2.75) is 37.8 Å². The zero-order chi connectivity index (χ0) is 15.4. The van der Waals surface area contributed by atoms with E-state index >= 15 is 0 Å². The van der Waals surface area contributed by atoms with Crippen molar-refractivity contribution >= 4 is 10.0 Å². The predicted octanol–water partition coefficient (Wildman–Crippen LogP) is 0.838. The van der Waals surface area contributed by atoms with Crippen LogP contribution < -0.4 is 10.0 Å². The Kier molecular flexibility index (Phi) is 5.76. The lowest BCUT2D eigenvalue weighted by molar-refractivity contribution is 0.0276. The molecule has 116 valence electrons. The lowest BCUT2D eigenvalue weighted by Gasteiger charge is -2.22. The third kappa shape index (κ3) is 4.59. The molecule has 0 spiro atoms. The van der Waals surface area contributed by atoms with Crippen molar-refractivity contribution < 1.29 is 13.2 Å². The van der Waals surface area contributed by atoms with Crippen LogP contribution in [0.15, 0.2) is 17.2 Å². The van der Waals surface area contributed by atoms with Gasteiger partial charge in [-0.15, -0.1) is 0 Å². The highest BCUT2D eigenvalue weighted by molar-refractivity contribution is 7.89. The molecule has 1 heterocycles. The Hall–Kier alpha value is -0.890. The van der Waals surface area contributed by atoms with E-state index in [9.17, 15) is 8.42 Å². The number of methoxy groups -OCH3 is 1. The van der Waals surface area contributed by atoms with Crippen LogP contribution in [0.3, 0.4) is 0 Å². The molecule has 20 heavy (non-hydrogen) atoms. The monoisotopic (exact) mass is 303 g/mol. The summed E-state index contributed by atoms with van der Waals surface area (Å²) in [7, 11) is -0.110. The van der Waals surface area contributed by atoms with Gasteiger partial charge in [0.25, 0.3) is 0 Å². The van der Waals surface area contributed by atoms with Crippen molar-refractivity contribution in [3.8, 4) is 0 Å². The largest absolute Gasteiger partial charge is 0.377 e. The minimum absolute atomic E-state index is 0.225. The highest BCUT2D eigenvalue weighted by Gasteiger charge is 2.23. The van der Waals surface area contributed by atoms with Gasteiger partial charge in [0.05, 0.1) is 10.5 Å². The van der Waals surface area contributed by atoms with E-state index in [2.05, 4.69) is 10.0 Å². The number of hydrogen-bond acceptors (Lipinski definition) is 4. The van der Waals surface area contributed by atoms with Crippen molar-refractivity contribution in [2.75, 3.05) is 20.2 Å². The second kappa shape index (κ2) is 6.71. The Labute approximate surface area is 121 Å². The van der Waals surface area contributed by atoms with Gasteiger partial charge in [-0.3, -0.25) is 0 Å². The number of nitrogens with zero attached hydrogens (tertiary/aromatic N) is 1. The number of nitrogens with one attached hydrogen (secondary N) is 2. The molecule has 1 aromatic heterocycles. The van der Waals surface area contributed by atoms with Crippen molar-refractivity contribution in [3.63, 3.8) is 0 Å². The quantitative estimate of drug-likeness (QED) is 0.746. The Balaban J connectivity index is 2.82. The first-order valence-electron chi connectivity index (χ1n) is 6.62. The van der Waals surface area contributed by atoms with Crippen LogP contribution in [0, 0.1) is 0 Å². The molecule has 0 atom stereocenters. The summed E-state index contributed by atoms with van der Waals surface area (Å²) in [5.41, 5.74) is 0.396. The maximum Gasteiger partial charge on any atom is 0.242 e. The molecule has 0 aromatic carbocycles. The molecule has 0 aliphatic rings. The lowest BCUT2D eigenvalue weighted by Crippen LogP contribution is -2.39. The first-order chi connectivity index (χ1) is 9.22. The van der Waals surface area contributed by atoms with Crippen molar-refractivity contribution in [1.29, 1.82) is 0 Å². The van der Waals surface area contributed by atoms with Gasteiger partial charge in [0.1, 0.15) is 0 Å². The summed E-state index contributed by atoms with van der Waals surface area (Å²) in [5, 5.41) is 3.18. The Bertz CT molecular complexity index is 535. The molecule has 0 radical (unpaired) electrons. The van der Waals surface area contributed by atoms with Gasteiger partial charge in [-0.25, -0.2) is 13.1 Å². The van der Waals surface area contributed by atoms with Gasteiger partial charge in [0, 0.05) is 39.1 Å². The Morgan fingerprint density at radius 2 is 2.05 bits per heavy atom. The van der Waals surface area contributed by atoms with E-state index in [4.69, 9.17) is 4.74 Å². The normalized spacial score (nSPS) is 12.8. The summed E-state index contributed by atoms with van der Waals surface area (Å²) in [4.78, 5) is 0.278. The Morgan fingerprint density at radius 1 is 1.40 bits per heavy atom. The first kappa shape index (κ1) is 17.2. The van der Waals surface area contributed by atoms with Crippen LogP contribution >= 0.6 is 0 Å². The van der Waals surface area contributed by atoms with Crippen LogP contribution in [0.1, 0.15) is 26.5 Å². The second-order valence-electron chi connectivity index (χ2n) is 5.35. The third-order valence-corrected chi connectivity index (χ3v) is 4.56. The molecule has 0 saturated carbocycles. The number of hydrogen-bond donors (Lipinski definition) is 2. The van der Waals surface area contributed by atoms with Gasteiger partial charge in [-0.2, -0.15) is 0 Å². The van der Waals surface area contributed by atoms with E-state index in [-0.39, 0.29) is 11.4 Å². The van der Waals surface area contributed by atoms with Crippen LogP contribution in [0.25, 0.3) is 0 Å². The topological polar surface area (TPSA) is 72.4 Å². The summed E-state index contributed by atoms with van der Waals surface area (Å²) >= 11 is 0. The lowest BCUT2D eigenvalue weighted by atomic mass is 10.1. The third-order valence-electron chi connectivity index (χ3n) is 3.19. The number of aromatic nitrogens is 1. The molecule has 0 saturated heterocycles. The molecule has 7 heteroatoms. The van der Waals surface area contributed by atoms with Gasteiger partial charge < -0.3 is 14.6 Å². The molecule has 0 aliphatic heterocycles. The van der Waals surface area contributed by atoms with Gasteiger partial charge in [-0.05, 0) is 26.5 Å². The fourth-order valence-corrected chi connectivity index (χ4v) is 2.87. The molecule has 0 aliphatic carbocycles. The van der Waals surface area contributed by atoms with Crippen LogP contribution in [0.5, 0.6) is 0 Å². The van der Waals surface area contributed by atoms with E-state index in [1.807, 2.05) is 32.4 Å². The van der Waals surface area contributed by atoms with Crippen LogP contribution in [0.2, 0.25) is 0 Å². The van der Waals surface area contributed by atoms with E-state index < -0.39 is 15.6 Å². The summed E-state index contributed by atoms with van der Waals surface area (Å²) < 4.78 is 34.1. The molecule has 0 amide bonds. The van der Waals surface area contributed by atoms with E-state index in [1.54, 1.807) is 19.4 Å². The first-order valence-corrected chi connectivity index (χ1v) is 8.11. The van der Waals surface area contributed by atoms with Gasteiger partial charge >= 0.3 is 0 Å². The van der Waals surface area contributed by atoms with Crippen LogP contribution in [-0.2, 0) is 28.4 Å². The van der Waals surface area contributed by atoms with Crippen LogP contribution in [-0.4, -0.2) is 38.8 Å². The molecular formula is C13H25N3O3S. The maximum atomic E-state index is 12.2. The summed E-state index contributed by atoms with van der Waals surface area (Å²) in [6, 6.07) is 1.69. The second-order valence-corrected chi connectivity index (χ2v) is 7.11. The smallest absolute Gasteiger partial charge is 0.242 e. The van der Waals surface area contributed by atoms with Gasteiger partial charge in [0.15, 0.2) is 0 Å². The molecule has 0 unspecified atom stereocenters. The highest BCUT2D eigenvalue weighted by Crippen LogP contribution is 2.14. The summed E-state index contributed by atoms with van der Waals surface area (Å²) in [6.45, 7) is 7.38. The predicted molar refractivity (Wildman–Crippen MR) is 79.1 cm³/mol. The molecule has 6 nitrogen and oxygen atoms in total. The Morgan fingerprint density at radius 3 is 2.60 bits per heavy atom. The molecular weight excluding hydrogens is 278 g/mol. The molecule has 0 fully saturated rings. The average molecular weight is 303 g/mol. The average Bonchev–Trinajstić information content (AvgIpc) is 2.76.